The Kier molecular flexibility index (Phi) is 4.72. The Hall–Kier alpha value is -0.630. The van der Waals surface area contributed by atoms with Crippen LogP contribution in [0.5, 0.6) is 5.75 Å². The lowest BCUT2D eigenvalue weighted by atomic mass is 10.2. The van der Waals surface area contributed by atoms with Crippen molar-refractivity contribution < 1.29 is 13.2 Å². The standard InChI is InChI=1S/C9H16N2O3S2/c1-14-7-5-9(15-6-7)8(11-10)3-4-16(2,12)13/h5-6,8,11H,3-4,10H2,1-2H3. The molecule has 92 valence electrons. The summed E-state index contributed by atoms with van der Waals surface area (Å²) in [7, 11) is -1.37. The van der Waals surface area contributed by atoms with Gasteiger partial charge in [0.2, 0.25) is 0 Å². The minimum Gasteiger partial charge on any atom is -0.496 e. The minimum atomic E-state index is -2.96. The van der Waals surface area contributed by atoms with E-state index in [1.807, 2.05) is 11.4 Å². The van der Waals surface area contributed by atoms with E-state index in [-0.39, 0.29) is 11.8 Å². The van der Waals surface area contributed by atoms with Gasteiger partial charge in [-0.1, -0.05) is 0 Å². The van der Waals surface area contributed by atoms with Crippen molar-refractivity contribution in [2.75, 3.05) is 19.1 Å². The second-order valence-electron chi connectivity index (χ2n) is 3.53. The van der Waals surface area contributed by atoms with Crippen molar-refractivity contribution in [1.29, 1.82) is 0 Å². The molecule has 0 saturated heterocycles. The SMILES string of the molecule is COc1csc(C(CCS(C)(=O)=O)NN)c1. The Morgan fingerprint density at radius 1 is 1.62 bits per heavy atom. The van der Waals surface area contributed by atoms with Gasteiger partial charge in [-0.3, -0.25) is 11.3 Å². The quantitative estimate of drug-likeness (QED) is 0.584. The maximum atomic E-state index is 11.1. The predicted molar refractivity (Wildman–Crippen MR) is 65.3 cm³/mol. The first kappa shape index (κ1) is 13.4. The number of hydrazine groups is 1. The lowest BCUT2D eigenvalue weighted by molar-refractivity contribution is 0.415. The second kappa shape index (κ2) is 5.62. The van der Waals surface area contributed by atoms with Gasteiger partial charge in [-0.15, -0.1) is 11.3 Å². The van der Waals surface area contributed by atoms with Crippen molar-refractivity contribution in [2.45, 2.75) is 12.5 Å². The summed E-state index contributed by atoms with van der Waals surface area (Å²) in [6.07, 6.45) is 1.68. The number of rotatable bonds is 6. The van der Waals surface area contributed by atoms with Crippen molar-refractivity contribution >= 4 is 21.2 Å². The number of sulfone groups is 1. The van der Waals surface area contributed by atoms with Crippen molar-refractivity contribution in [3.8, 4) is 5.75 Å². The van der Waals surface area contributed by atoms with Crippen LogP contribution in [0.4, 0.5) is 0 Å². The van der Waals surface area contributed by atoms with Crippen LogP contribution in [0, 0.1) is 0 Å². The molecule has 1 aromatic rings. The molecular weight excluding hydrogens is 248 g/mol. The van der Waals surface area contributed by atoms with E-state index in [4.69, 9.17) is 10.6 Å². The third-order valence-corrected chi connectivity index (χ3v) is 4.16. The molecular formula is C9H16N2O3S2. The largest absolute Gasteiger partial charge is 0.496 e. The van der Waals surface area contributed by atoms with Gasteiger partial charge in [0.1, 0.15) is 15.6 Å². The summed E-state index contributed by atoms with van der Waals surface area (Å²) in [6, 6.07) is 1.71. The molecule has 0 aliphatic rings. The van der Waals surface area contributed by atoms with Crippen LogP contribution in [0.3, 0.4) is 0 Å². The molecule has 0 saturated carbocycles. The van der Waals surface area contributed by atoms with Crippen molar-refractivity contribution in [1.82, 2.24) is 5.43 Å². The number of nitrogens with one attached hydrogen (secondary N) is 1. The van der Waals surface area contributed by atoms with Gasteiger partial charge in [0.15, 0.2) is 0 Å². The third kappa shape index (κ3) is 4.09. The summed E-state index contributed by atoms with van der Waals surface area (Å²) in [5.41, 5.74) is 2.62. The highest BCUT2D eigenvalue weighted by molar-refractivity contribution is 7.90. The van der Waals surface area contributed by atoms with Gasteiger partial charge in [0, 0.05) is 16.5 Å². The van der Waals surface area contributed by atoms with Gasteiger partial charge in [-0.25, -0.2) is 8.42 Å². The molecule has 0 bridgehead atoms. The number of hydrogen-bond acceptors (Lipinski definition) is 6. The van der Waals surface area contributed by atoms with Crippen LogP contribution in [-0.4, -0.2) is 27.5 Å². The van der Waals surface area contributed by atoms with Crippen LogP contribution in [-0.2, 0) is 9.84 Å². The monoisotopic (exact) mass is 264 g/mol. The molecule has 0 aromatic carbocycles. The Morgan fingerprint density at radius 2 is 2.31 bits per heavy atom. The fourth-order valence-corrected chi connectivity index (χ4v) is 2.88. The maximum Gasteiger partial charge on any atom is 0.147 e. The average molecular weight is 264 g/mol. The van der Waals surface area contributed by atoms with Crippen molar-refractivity contribution in [3.63, 3.8) is 0 Å². The maximum absolute atomic E-state index is 11.1. The first-order valence-electron chi connectivity index (χ1n) is 4.72. The number of hydrogen-bond donors (Lipinski definition) is 2. The lowest BCUT2D eigenvalue weighted by Gasteiger charge is -2.12. The van der Waals surface area contributed by atoms with E-state index in [9.17, 15) is 8.42 Å². The molecule has 0 amide bonds. The van der Waals surface area contributed by atoms with Gasteiger partial charge in [-0.05, 0) is 12.5 Å². The first-order valence-corrected chi connectivity index (χ1v) is 7.66. The Bertz CT molecular complexity index is 428. The Labute approximate surface area is 99.5 Å². The zero-order chi connectivity index (χ0) is 12.2. The molecule has 1 unspecified atom stereocenters. The van der Waals surface area contributed by atoms with Gasteiger partial charge in [0.05, 0.1) is 18.9 Å². The minimum absolute atomic E-state index is 0.113. The Balaban J connectivity index is 2.67. The summed E-state index contributed by atoms with van der Waals surface area (Å²) >= 11 is 1.50. The predicted octanol–water partition coefficient (Wildman–Crippen LogP) is 0.696. The number of methoxy groups -OCH3 is 1. The summed E-state index contributed by atoms with van der Waals surface area (Å²) in [6.45, 7) is 0. The summed E-state index contributed by atoms with van der Waals surface area (Å²) in [4.78, 5) is 0.975. The van der Waals surface area contributed by atoms with Gasteiger partial charge >= 0.3 is 0 Å². The number of nitrogens with two attached hydrogens (primary N) is 1. The average Bonchev–Trinajstić information content (AvgIpc) is 2.65. The highest BCUT2D eigenvalue weighted by atomic mass is 32.2. The van der Waals surface area contributed by atoms with Gasteiger partial charge < -0.3 is 4.74 Å². The van der Waals surface area contributed by atoms with E-state index in [0.29, 0.717) is 6.42 Å². The molecule has 3 N–H and O–H groups in total. The zero-order valence-corrected chi connectivity index (χ0v) is 10.9. The van der Waals surface area contributed by atoms with E-state index >= 15 is 0 Å². The zero-order valence-electron chi connectivity index (χ0n) is 9.26. The smallest absolute Gasteiger partial charge is 0.147 e. The first-order chi connectivity index (χ1) is 7.46. The molecule has 0 aliphatic heterocycles. The van der Waals surface area contributed by atoms with E-state index in [0.717, 1.165) is 10.6 Å². The summed E-state index contributed by atoms with van der Waals surface area (Å²) < 4.78 is 27.2. The lowest BCUT2D eigenvalue weighted by Crippen LogP contribution is -2.28. The van der Waals surface area contributed by atoms with Gasteiger partial charge in [0.25, 0.3) is 0 Å². The second-order valence-corrected chi connectivity index (χ2v) is 6.73. The fraction of sp³-hybridized carbons (Fsp3) is 0.556. The summed E-state index contributed by atoms with van der Waals surface area (Å²) in [5.74, 6) is 6.28. The summed E-state index contributed by atoms with van der Waals surface area (Å²) in [5, 5.41) is 1.86. The van der Waals surface area contributed by atoms with Crippen LogP contribution in [0.2, 0.25) is 0 Å². The van der Waals surface area contributed by atoms with Crippen LogP contribution in [0.25, 0.3) is 0 Å². The van der Waals surface area contributed by atoms with E-state index in [1.165, 1.54) is 17.6 Å². The molecule has 1 rings (SSSR count). The number of thiophene rings is 1. The van der Waals surface area contributed by atoms with Crippen LogP contribution < -0.4 is 16.0 Å². The van der Waals surface area contributed by atoms with Crippen LogP contribution in [0.15, 0.2) is 11.4 Å². The van der Waals surface area contributed by atoms with E-state index in [1.54, 1.807) is 7.11 Å². The van der Waals surface area contributed by atoms with Crippen LogP contribution in [0.1, 0.15) is 17.3 Å². The highest BCUT2D eigenvalue weighted by Gasteiger charge is 2.15. The Morgan fingerprint density at radius 3 is 2.75 bits per heavy atom. The third-order valence-electron chi connectivity index (χ3n) is 2.15. The molecule has 1 heterocycles. The number of ether oxygens (including phenoxy) is 1. The molecule has 1 atom stereocenters. The molecule has 7 heteroatoms. The normalized spacial score (nSPS) is 13.7. The molecule has 0 fully saturated rings. The molecule has 0 radical (unpaired) electrons. The highest BCUT2D eigenvalue weighted by Crippen LogP contribution is 2.28. The molecule has 0 spiro atoms. The molecule has 16 heavy (non-hydrogen) atoms. The van der Waals surface area contributed by atoms with Crippen molar-refractivity contribution in [3.05, 3.63) is 16.3 Å². The molecule has 0 aliphatic carbocycles. The van der Waals surface area contributed by atoms with Gasteiger partial charge in [-0.2, -0.15) is 0 Å². The van der Waals surface area contributed by atoms with Crippen LogP contribution >= 0.6 is 11.3 Å². The molecule has 1 aromatic heterocycles. The van der Waals surface area contributed by atoms with Crippen molar-refractivity contribution in [2.24, 2.45) is 5.84 Å². The fourth-order valence-electron chi connectivity index (χ4n) is 1.26. The van der Waals surface area contributed by atoms with E-state index < -0.39 is 9.84 Å². The van der Waals surface area contributed by atoms with E-state index in [2.05, 4.69) is 5.43 Å². The topological polar surface area (TPSA) is 81.4 Å². The molecule has 5 nitrogen and oxygen atoms in total.